The summed E-state index contributed by atoms with van der Waals surface area (Å²) in [5, 5.41) is 0. The van der Waals surface area contributed by atoms with Crippen LogP contribution < -0.4 is 4.31 Å². The third-order valence-corrected chi connectivity index (χ3v) is 7.83. The largest absolute Gasteiger partial charge is 0.336 e. The van der Waals surface area contributed by atoms with Gasteiger partial charge in [0.1, 0.15) is 0 Å². The van der Waals surface area contributed by atoms with E-state index in [0.29, 0.717) is 31.1 Å². The summed E-state index contributed by atoms with van der Waals surface area (Å²) in [5.41, 5.74) is 2.22. The third kappa shape index (κ3) is 4.62. The number of fused-ring (bicyclic) bond motifs is 1. The van der Waals surface area contributed by atoms with Crippen LogP contribution in [0.15, 0.2) is 53.4 Å². The predicted octanol–water partition coefficient (Wildman–Crippen LogP) is 3.24. The van der Waals surface area contributed by atoms with Crippen LogP contribution in [0.2, 0.25) is 0 Å². The topological polar surface area (TPSA) is 60.9 Å². The molecule has 0 aliphatic carbocycles. The first kappa shape index (κ1) is 21.8. The lowest BCUT2D eigenvalue weighted by Gasteiger charge is -2.35. The van der Waals surface area contributed by atoms with E-state index in [4.69, 9.17) is 0 Å². The smallest absolute Gasteiger partial charge is 0.264 e. The van der Waals surface area contributed by atoms with Gasteiger partial charge in [0.05, 0.1) is 10.6 Å². The van der Waals surface area contributed by atoms with E-state index >= 15 is 0 Å². The number of nitrogens with zero attached hydrogens (tertiary/aromatic N) is 3. The molecule has 7 heteroatoms. The highest BCUT2D eigenvalue weighted by atomic mass is 32.2. The number of carbonyl (C=O) groups excluding carboxylic acids is 1. The van der Waals surface area contributed by atoms with Crippen molar-refractivity contribution in [1.29, 1.82) is 0 Å². The second kappa shape index (κ2) is 9.01. The highest BCUT2D eigenvalue weighted by molar-refractivity contribution is 7.92. The normalized spacial score (nSPS) is 17.6. The number of aryl methyl sites for hydroxylation is 1. The number of hydrogen-bond acceptors (Lipinski definition) is 4. The Bertz CT molecular complexity index is 1040. The summed E-state index contributed by atoms with van der Waals surface area (Å²) in [6, 6.07) is 14.2. The fraction of sp³-hybridized carbons (Fsp3) is 0.458. The van der Waals surface area contributed by atoms with Gasteiger partial charge in [-0.25, -0.2) is 8.42 Å². The molecule has 31 heavy (non-hydrogen) atoms. The van der Waals surface area contributed by atoms with Crippen LogP contribution in [0, 0.1) is 5.92 Å². The van der Waals surface area contributed by atoms with Crippen molar-refractivity contribution in [3.8, 4) is 0 Å². The molecule has 0 aromatic heterocycles. The third-order valence-electron chi connectivity index (χ3n) is 6.02. The molecule has 2 aliphatic heterocycles. The van der Waals surface area contributed by atoms with Gasteiger partial charge in [-0.15, -0.1) is 0 Å². The lowest BCUT2D eigenvalue weighted by atomic mass is 10.0. The van der Waals surface area contributed by atoms with Gasteiger partial charge in [-0.3, -0.25) is 14.0 Å². The monoisotopic (exact) mass is 441 g/mol. The fourth-order valence-electron chi connectivity index (χ4n) is 4.50. The summed E-state index contributed by atoms with van der Waals surface area (Å²) in [6.45, 7) is 8.93. The van der Waals surface area contributed by atoms with Crippen LogP contribution in [0.25, 0.3) is 0 Å². The Balaban J connectivity index is 1.53. The van der Waals surface area contributed by atoms with Gasteiger partial charge in [-0.05, 0) is 48.6 Å². The van der Waals surface area contributed by atoms with Crippen molar-refractivity contribution < 1.29 is 13.2 Å². The molecule has 4 rings (SSSR count). The molecule has 0 N–H and O–H groups in total. The van der Waals surface area contributed by atoms with Gasteiger partial charge in [0.2, 0.25) is 0 Å². The van der Waals surface area contributed by atoms with Gasteiger partial charge in [0.15, 0.2) is 0 Å². The quantitative estimate of drug-likeness (QED) is 0.715. The van der Waals surface area contributed by atoms with Gasteiger partial charge >= 0.3 is 0 Å². The van der Waals surface area contributed by atoms with Crippen molar-refractivity contribution in [1.82, 2.24) is 9.80 Å². The molecule has 1 amide bonds. The second-order valence-electron chi connectivity index (χ2n) is 8.82. The zero-order valence-corrected chi connectivity index (χ0v) is 19.1. The number of rotatable bonds is 5. The summed E-state index contributed by atoms with van der Waals surface area (Å²) >= 11 is 0. The zero-order valence-electron chi connectivity index (χ0n) is 18.3. The number of anilines is 1. The summed E-state index contributed by atoms with van der Waals surface area (Å²) < 4.78 is 28.4. The molecule has 0 bridgehead atoms. The van der Waals surface area contributed by atoms with Crippen molar-refractivity contribution in [3.63, 3.8) is 0 Å². The molecule has 0 unspecified atom stereocenters. The molecule has 0 atom stereocenters. The van der Waals surface area contributed by atoms with Crippen LogP contribution in [-0.2, 0) is 16.4 Å². The highest BCUT2D eigenvalue weighted by Crippen LogP contribution is 2.32. The number of benzene rings is 2. The van der Waals surface area contributed by atoms with E-state index in [0.717, 1.165) is 43.7 Å². The minimum Gasteiger partial charge on any atom is -0.336 e. The molecule has 1 saturated heterocycles. The van der Waals surface area contributed by atoms with Crippen LogP contribution in [0.3, 0.4) is 0 Å². The Morgan fingerprint density at radius 3 is 2.45 bits per heavy atom. The summed E-state index contributed by atoms with van der Waals surface area (Å²) in [5.74, 6) is 0.504. The average molecular weight is 442 g/mol. The predicted molar refractivity (Wildman–Crippen MR) is 123 cm³/mol. The van der Waals surface area contributed by atoms with E-state index in [2.05, 4.69) is 18.7 Å². The number of hydrogen-bond donors (Lipinski definition) is 0. The summed E-state index contributed by atoms with van der Waals surface area (Å²) in [6.07, 6.45) is 1.67. The molecule has 2 aromatic rings. The Morgan fingerprint density at radius 2 is 1.71 bits per heavy atom. The molecular formula is C24H31N3O3S. The molecule has 0 saturated carbocycles. The van der Waals surface area contributed by atoms with Crippen molar-refractivity contribution in [2.24, 2.45) is 5.92 Å². The summed E-state index contributed by atoms with van der Waals surface area (Å²) in [4.78, 5) is 17.5. The SMILES string of the molecule is CC(C)CN1CCN(C(=O)c2cccc(S(=O)(=O)N3CCCc4ccccc43)c2)CC1. The number of carbonyl (C=O) groups is 1. The minimum atomic E-state index is -3.73. The maximum absolute atomic E-state index is 13.4. The van der Waals surface area contributed by atoms with Gasteiger partial charge in [-0.1, -0.05) is 38.1 Å². The van der Waals surface area contributed by atoms with Crippen molar-refractivity contribution in [3.05, 3.63) is 59.7 Å². The Morgan fingerprint density at radius 1 is 0.968 bits per heavy atom. The molecule has 166 valence electrons. The molecule has 0 radical (unpaired) electrons. The zero-order chi connectivity index (χ0) is 22.0. The molecule has 2 aromatic carbocycles. The molecule has 1 fully saturated rings. The molecule has 0 spiro atoms. The lowest BCUT2D eigenvalue weighted by Crippen LogP contribution is -2.49. The van der Waals surface area contributed by atoms with Gasteiger partial charge < -0.3 is 4.90 Å². The molecule has 2 aliphatic rings. The highest BCUT2D eigenvalue weighted by Gasteiger charge is 2.30. The van der Waals surface area contributed by atoms with E-state index in [-0.39, 0.29) is 10.8 Å². The summed E-state index contributed by atoms with van der Waals surface area (Å²) in [7, 11) is -3.73. The van der Waals surface area contributed by atoms with E-state index in [9.17, 15) is 13.2 Å². The average Bonchev–Trinajstić information content (AvgIpc) is 2.78. The number of para-hydroxylation sites is 1. The van der Waals surface area contributed by atoms with Crippen molar-refractivity contribution in [2.75, 3.05) is 43.6 Å². The van der Waals surface area contributed by atoms with E-state index in [1.54, 1.807) is 18.2 Å². The van der Waals surface area contributed by atoms with Crippen LogP contribution in [0.4, 0.5) is 5.69 Å². The van der Waals surface area contributed by atoms with Crippen molar-refractivity contribution >= 4 is 21.6 Å². The van der Waals surface area contributed by atoms with Gasteiger partial charge in [0.25, 0.3) is 15.9 Å². The first-order valence-electron chi connectivity index (χ1n) is 11.1. The van der Waals surface area contributed by atoms with Gasteiger partial charge in [-0.2, -0.15) is 0 Å². The Kier molecular flexibility index (Phi) is 6.34. The maximum Gasteiger partial charge on any atom is 0.264 e. The first-order valence-corrected chi connectivity index (χ1v) is 12.5. The molecule has 6 nitrogen and oxygen atoms in total. The lowest BCUT2D eigenvalue weighted by molar-refractivity contribution is 0.0623. The van der Waals surface area contributed by atoms with Crippen LogP contribution in [0.1, 0.15) is 36.2 Å². The fourth-order valence-corrected chi connectivity index (χ4v) is 6.09. The van der Waals surface area contributed by atoms with Crippen LogP contribution in [0.5, 0.6) is 0 Å². The Hall–Kier alpha value is -2.38. The van der Waals surface area contributed by atoms with E-state index in [1.807, 2.05) is 29.2 Å². The van der Waals surface area contributed by atoms with Crippen molar-refractivity contribution in [2.45, 2.75) is 31.6 Å². The minimum absolute atomic E-state index is 0.0970. The van der Waals surface area contributed by atoms with Crippen LogP contribution >= 0.6 is 0 Å². The van der Waals surface area contributed by atoms with Gasteiger partial charge in [0, 0.05) is 44.8 Å². The molecular weight excluding hydrogens is 410 g/mol. The van der Waals surface area contributed by atoms with E-state index in [1.165, 1.54) is 10.4 Å². The Labute approximate surface area is 185 Å². The van der Waals surface area contributed by atoms with Crippen LogP contribution in [-0.4, -0.2) is 63.4 Å². The van der Waals surface area contributed by atoms with E-state index < -0.39 is 10.0 Å². The maximum atomic E-state index is 13.4. The first-order chi connectivity index (χ1) is 14.9. The number of amides is 1. The number of piperazine rings is 1. The number of sulfonamides is 1. The molecule has 2 heterocycles. The standard InChI is InChI=1S/C24H31N3O3S/c1-19(2)18-25-13-15-26(16-14-25)24(28)21-8-5-10-22(17-21)31(29,30)27-12-6-9-20-7-3-4-11-23(20)27/h3-5,7-8,10-11,17,19H,6,9,12-16,18H2,1-2H3. The second-order valence-corrected chi connectivity index (χ2v) is 10.7.